The van der Waals surface area contributed by atoms with Crippen molar-refractivity contribution in [2.45, 2.75) is 18.7 Å². The second-order valence-corrected chi connectivity index (χ2v) is 5.66. The van der Waals surface area contributed by atoms with Gasteiger partial charge in [0, 0.05) is 23.8 Å². The number of rotatable bonds is 1. The van der Waals surface area contributed by atoms with Crippen molar-refractivity contribution in [1.29, 1.82) is 0 Å². The second kappa shape index (κ2) is 4.88. The molecule has 1 aromatic rings. The lowest BCUT2D eigenvalue weighted by molar-refractivity contribution is 0.439. The number of halogens is 3. The van der Waals surface area contributed by atoms with Gasteiger partial charge in [0.25, 0.3) is 0 Å². The fourth-order valence-corrected chi connectivity index (χ4v) is 2.45. The molecule has 1 aliphatic rings. The van der Waals surface area contributed by atoms with E-state index in [0.717, 1.165) is 13.0 Å². The molecule has 2 atom stereocenters. The van der Waals surface area contributed by atoms with Crippen LogP contribution in [0.15, 0.2) is 16.7 Å². The minimum absolute atomic E-state index is 0.0681. The minimum atomic E-state index is -0.298. The maximum absolute atomic E-state index is 13.7. The first-order valence-corrected chi connectivity index (χ1v) is 6.51. The number of piperidine rings is 1. The molecule has 0 amide bonds. The summed E-state index contributed by atoms with van der Waals surface area (Å²) >= 11 is 9.39. The van der Waals surface area contributed by atoms with E-state index in [4.69, 9.17) is 11.6 Å². The van der Waals surface area contributed by atoms with E-state index in [0.29, 0.717) is 22.8 Å². The van der Waals surface area contributed by atoms with E-state index < -0.39 is 0 Å². The van der Waals surface area contributed by atoms with Gasteiger partial charge in [-0.2, -0.15) is 0 Å². The summed E-state index contributed by atoms with van der Waals surface area (Å²) < 4.78 is 14.3. The van der Waals surface area contributed by atoms with Crippen LogP contribution in [0.5, 0.6) is 0 Å². The van der Waals surface area contributed by atoms with Gasteiger partial charge in [0.1, 0.15) is 0 Å². The molecule has 0 aromatic carbocycles. The topological polar surface area (TPSA) is 16.1 Å². The van der Waals surface area contributed by atoms with Gasteiger partial charge in [0.05, 0.1) is 5.38 Å². The van der Waals surface area contributed by atoms with Crippen LogP contribution in [0, 0.1) is 11.7 Å². The number of aromatic nitrogens is 1. The Morgan fingerprint density at radius 1 is 1.62 bits per heavy atom. The van der Waals surface area contributed by atoms with Gasteiger partial charge < -0.3 is 4.90 Å². The first-order chi connectivity index (χ1) is 7.58. The van der Waals surface area contributed by atoms with Crippen LogP contribution in [0.1, 0.15) is 13.3 Å². The van der Waals surface area contributed by atoms with Crippen LogP contribution in [-0.2, 0) is 0 Å². The highest BCUT2D eigenvalue weighted by Gasteiger charge is 2.26. The van der Waals surface area contributed by atoms with Crippen molar-refractivity contribution >= 4 is 33.3 Å². The van der Waals surface area contributed by atoms with Gasteiger partial charge in [-0.05, 0) is 34.3 Å². The van der Waals surface area contributed by atoms with Crippen LogP contribution in [0.3, 0.4) is 0 Å². The quantitative estimate of drug-likeness (QED) is 0.739. The molecule has 88 valence electrons. The summed E-state index contributed by atoms with van der Waals surface area (Å²) in [6.45, 7) is 3.60. The highest BCUT2D eigenvalue weighted by molar-refractivity contribution is 9.10. The molecule has 2 nitrogen and oxygen atoms in total. The van der Waals surface area contributed by atoms with Crippen LogP contribution < -0.4 is 4.90 Å². The summed E-state index contributed by atoms with van der Waals surface area (Å²) in [6.07, 6.45) is 2.59. The van der Waals surface area contributed by atoms with E-state index in [9.17, 15) is 4.39 Å². The van der Waals surface area contributed by atoms with Crippen LogP contribution in [0.4, 0.5) is 10.2 Å². The SMILES string of the molecule is CC1CCN(c2ncc(Br)cc2F)CC1Cl. The van der Waals surface area contributed by atoms with Gasteiger partial charge in [0.2, 0.25) is 0 Å². The highest BCUT2D eigenvalue weighted by Crippen LogP contribution is 2.27. The number of pyridine rings is 1. The van der Waals surface area contributed by atoms with E-state index >= 15 is 0 Å². The number of anilines is 1. The first-order valence-electron chi connectivity index (χ1n) is 5.28. The average molecular weight is 308 g/mol. The Morgan fingerprint density at radius 2 is 2.38 bits per heavy atom. The fourth-order valence-electron chi connectivity index (χ4n) is 1.85. The standard InChI is InChI=1S/C11H13BrClFN2/c1-7-2-3-16(6-9(7)13)11-10(14)4-8(12)5-15-11/h4-5,7,9H,2-3,6H2,1H3. The molecule has 0 bridgehead atoms. The molecule has 1 aliphatic heterocycles. The number of nitrogens with zero attached hydrogens (tertiary/aromatic N) is 2. The van der Waals surface area contributed by atoms with Gasteiger partial charge in [-0.15, -0.1) is 11.6 Å². The zero-order valence-electron chi connectivity index (χ0n) is 8.96. The van der Waals surface area contributed by atoms with Crippen molar-refractivity contribution in [2.75, 3.05) is 18.0 Å². The van der Waals surface area contributed by atoms with Crippen LogP contribution >= 0.6 is 27.5 Å². The van der Waals surface area contributed by atoms with E-state index in [-0.39, 0.29) is 11.2 Å². The average Bonchev–Trinajstić information content (AvgIpc) is 2.22. The zero-order valence-corrected chi connectivity index (χ0v) is 11.3. The summed E-state index contributed by atoms with van der Waals surface area (Å²) in [4.78, 5) is 6.02. The van der Waals surface area contributed by atoms with E-state index in [2.05, 4.69) is 27.8 Å². The normalized spacial score (nSPS) is 25.9. The lowest BCUT2D eigenvalue weighted by Crippen LogP contribution is -2.41. The lowest BCUT2D eigenvalue weighted by atomic mass is 9.98. The first kappa shape index (κ1) is 12.1. The van der Waals surface area contributed by atoms with Crippen molar-refractivity contribution < 1.29 is 4.39 Å². The van der Waals surface area contributed by atoms with E-state index in [1.165, 1.54) is 6.07 Å². The molecule has 1 saturated heterocycles. The third-order valence-corrected chi connectivity index (χ3v) is 3.96. The van der Waals surface area contributed by atoms with Gasteiger partial charge in [-0.3, -0.25) is 0 Å². The molecule has 2 unspecified atom stereocenters. The molecule has 16 heavy (non-hydrogen) atoms. The summed E-state index contributed by atoms with van der Waals surface area (Å²) in [5, 5.41) is 0.0681. The largest absolute Gasteiger partial charge is 0.353 e. The molecule has 0 spiro atoms. The fraction of sp³-hybridized carbons (Fsp3) is 0.545. The smallest absolute Gasteiger partial charge is 0.166 e. The van der Waals surface area contributed by atoms with Gasteiger partial charge in [-0.1, -0.05) is 6.92 Å². The molecule has 0 N–H and O–H groups in total. The third kappa shape index (κ3) is 2.48. The summed E-state index contributed by atoms with van der Waals surface area (Å²) in [6, 6.07) is 1.43. The Morgan fingerprint density at radius 3 is 3.00 bits per heavy atom. The molecule has 5 heteroatoms. The molecule has 0 saturated carbocycles. The molecular formula is C11H13BrClFN2. The van der Waals surface area contributed by atoms with Crippen LogP contribution in [0.2, 0.25) is 0 Å². The van der Waals surface area contributed by atoms with Crippen LogP contribution in [-0.4, -0.2) is 23.5 Å². The molecule has 0 aliphatic carbocycles. The molecule has 2 rings (SSSR count). The Bertz CT molecular complexity index is 388. The zero-order chi connectivity index (χ0) is 11.7. The van der Waals surface area contributed by atoms with Gasteiger partial charge in [0.15, 0.2) is 11.6 Å². The minimum Gasteiger partial charge on any atom is -0.353 e. The van der Waals surface area contributed by atoms with E-state index in [1.54, 1.807) is 6.20 Å². The Kier molecular flexibility index (Phi) is 3.70. The third-order valence-electron chi connectivity index (χ3n) is 2.95. The summed E-state index contributed by atoms with van der Waals surface area (Å²) in [7, 11) is 0. The van der Waals surface area contributed by atoms with Crippen molar-refractivity contribution in [3.8, 4) is 0 Å². The Balaban J connectivity index is 2.18. The van der Waals surface area contributed by atoms with Crippen molar-refractivity contribution in [1.82, 2.24) is 4.98 Å². The Labute approximate surface area is 108 Å². The molecule has 1 aromatic heterocycles. The number of hydrogen-bond donors (Lipinski definition) is 0. The van der Waals surface area contributed by atoms with Gasteiger partial charge >= 0.3 is 0 Å². The number of alkyl halides is 1. The van der Waals surface area contributed by atoms with E-state index in [1.807, 2.05) is 4.90 Å². The molecule has 1 fully saturated rings. The van der Waals surface area contributed by atoms with Crippen LogP contribution in [0.25, 0.3) is 0 Å². The predicted octanol–water partition coefficient (Wildman–Crippen LogP) is 3.44. The number of hydrogen-bond acceptors (Lipinski definition) is 2. The Hall–Kier alpha value is -0.350. The maximum atomic E-state index is 13.7. The lowest BCUT2D eigenvalue weighted by Gasteiger charge is -2.34. The summed E-state index contributed by atoms with van der Waals surface area (Å²) in [5.74, 6) is 0.588. The molecule has 0 radical (unpaired) electrons. The van der Waals surface area contributed by atoms with Crippen molar-refractivity contribution in [2.24, 2.45) is 5.92 Å². The van der Waals surface area contributed by atoms with Gasteiger partial charge in [-0.25, -0.2) is 9.37 Å². The van der Waals surface area contributed by atoms with Crippen molar-refractivity contribution in [3.05, 3.63) is 22.6 Å². The predicted molar refractivity (Wildman–Crippen MR) is 67.5 cm³/mol. The second-order valence-electron chi connectivity index (χ2n) is 4.19. The monoisotopic (exact) mass is 306 g/mol. The highest BCUT2D eigenvalue weighted by atomic mass is 79.9. The van der Waals surface area contributed by atoms with Crippen molar-refractivity contribution in [3.63, 3.8) is 0 Å². The summed E-state index contributed by atoms with van der Waals surface area (Å²) in [5.41, 5.74) is 0. The molecular weight excluding hydrogens is 294 g/mol. The maximum Gasteiger partial charge on any atom is 0.166 e. The molecule has 2 heterocycles.